The fourth-order valence-electron chi connectivity index (χ4n) is 4.21. The summed E-state index contributed by atoms with van der Waals surface area (Å²) in [5.41, 5.74) is 3.18. The smallest absolute Gasteiger partial charge is 0.264 e. The standard InChI is InChI=1S/C31H39N3O4S/c1-6-27-12-10-11-15-29(27)34(39(37,38)28-13-8-7-9-14-28)22-30(35)33(21-26-18-16-24(4)17-19-26)25(5)31(36)32-20-23(2)3/h7-19,23,25H,6,20-22H2,1-5H3,(H,32,36). The Morgan fingerprint density at radius 1 is 0.872 bits per heavy atom. The van der Waals surface area contributed by atoms with Gasteiger partial charge in [-0.3, -0.25) is 13.9 Å². The maximum atomic E-state index is 14.0. The minimum absolute atomic E-state index is 0.0940. The summed E-state index contributed by atoms with van der Waals surface area (Å²) >= 11 is 0. The van der Waals surface area contributed by atoms with Crippen LogP contribution >= 0.6 is 0 Å². The van der Waals surface area contributed by atoms with E-state index in [4.69, 9.17) is 0 Å². The first-order valence-electron chi connectivity index (χ1n) is 13.3. The van der Waals surface area contributed by atoms with Gasteiger partial charge in [-0.15, -0.1) is 0 Å². The van der Waals surface area contributed by atoms with Gasteiger partial charge >= 0.3 is 0 Å². The molecule has 0 aliphatic carbocycles. The third-order valence-electron chi connectivity index (χ3n) is 6.58. The Labute approximate surface area is 232 Å². The van der Waals surface area contributed by atoms with Gasteiger partial charge in [-0.25, -0.2) is 8.42 Å². The minimum atomic E-state index is -4.08. The van der Waals surface area contributed by atoms with Crippen molar-refractivity contribution in [2.75, 3.05) is 17.4 Å². The summed E-state index contributed by atoms with van der Waals surface area (Å²) in [5, 5.41) is 2.91. The van der Waals surface area contributed by atoms with E-state index in [1.807, 2.05) is 64.1 Å². The van der Waals surface area contributed by atoms with E-state index in [9.17, 15) is 18.0 Å². The number of aryl methyl sites for hydroxylation is 2. The van der Waals surface area contributed by atoms with Gasteiger partial charge in [0.15, 0.2) is 0 Å². The lowest BCUT2D eigenvalue weighted by Crippen LogP contribution is -2.51. The van der Waals surface area contributed by atoms with Gasteiger partial charge in [0, 0.05) is 13.1 Å². The van der Waals surface area contributed by atoms with Crippen molar-refractivity contribution in [2.24, 2.45) is 5.92 Å². The molecule has 1 unspecified atom stereocenters. The van der Waals surface area contributed by atoms with Crippen LogP contribution < -0.4 is 9.62 Å². The Bertz CT molecular complexity index is 1360. The average Bonchev–Trinajstić information content (AvgIpc) is 2.94. The van der Waals surface area contributed by atoms with Crippen molar-refractivity contribution in [2.45, 2.75) is 58.5 Å². The third kappa shape index (κ3) is 7.69. The molecule has 3 rings (SSSR count). The van der Waals surface area contributed by atoms with Crippen LogP contribution in [0.15, 0.2) is 83.8 Å². The Morgan fingerprint density at radius 3 is 2.10 bits per heavy atom. The van der Waals surface area contributed by atoms with E-state index in [0.29, 0.717) is 18.7 Å². The Kier molecular flexibility index (Phi) is 10.3. The van der Waals surface area contributed by atoms with Crippen LogP contribution in [-0.2, 0) is 32.6 Å². The molecule has 0 saturated heterocycles. The van der Waals surface area contributed by atoms with E-state index in [-0.39, 0.29) is 23.3 Å². The Balaban J connectivity index is 2.03. The van der Waals surface area contributed by atoms with Crippen molar-refractivity contribution in [3.8, 4) is 0 Å². The number of nitrogens with zero attached hydrogens (tertiary/aromatic N) is 2. The van der Waals surface area contributed by atoms with Crippen LogP contribution in [0.1, 0.15) is 44.4 Å². The summed E-state index contributed by atoms with van der Waals surface area (Å²) in [4.78, 5) is 28.6. The van der Waals surface area contributed by atoms with Crippen molar-refractivity contribution in [3.05, 3.63) is 95.6 Å². The summed E-state index contributed by atoms with van der Waals surface area (Å²) in [6.07, 6.45) is 0.590. The number of para-hydroxylation sites is 1. The zero-order valence-corrected chi connectivity index (χ0v) is 24.2. The van der Waals surface area contributed by atoms with Gasteiger partial charge in [-0.2, -0.15) is 0 Å². The van der Waals surface area contributed by atoms with Gasteiger partial charge < -0.3 is 10.2 Å². The second-order valence-corrected chi connectivity index (χ2v) is 12.0. The van der Waals surface area contributed by atoms with Gasteiger partial charge in [0.1, 0.15) is 12.6 Å². The normalized spacial score (nSPS) is 12.2. The molecule has 1 atom stereocenters. The molecule has 0 heterocycles. The van der Waals surface area contributed by atoms with Crippen molar-refractivity contribution in [1.29, 1.82) is 0 Å². The number of hydrogen-bond acceptors (Lipinski definition) is 4. The molecule has 7 nitrogen and oxygen atoms in total. The number of sulfonamides is 1. The fraction of sp³-hybridized carbons (Fsp3) is 0.355. The topological polar surface area (TPSA) is 86.8 Å². The van der Waals surface area contributed by atoms with Crippen molar-refractivity contribution < 1.29 is 18.0 Å². The number of hydrogen-bond donors (Lipinski definition) is 1. The average molecular weight is 550 g/mol. The molecule has 0 fully saturated rings. The molecule has 39 heavy (non-hydrogen) atoms. The molecule has 208 valence electrons. The van der Waals surface area contributed by atoms with Gasteiger partial charge in [-0.05, 0) is 55.5 Å². The van der Waals surface area contributed by atoms with Crippen molar-refractivity contribution in [3.63, 3.8) is 0 Å². The number of carbonyl (C=O) groups is 2. The summed E-state index contributed by atoms with van der Waals surface area (Å²) in [6, 6.07) is 22.2. The molecule has 0 aliphatic heterocycles. The highest BCUT2D eigenvalue weighted by Crippen LogP contribution is 2.28. The molecule has 0 spiro atoms. The number of carbonyl (C=O) groups excluding carboxylic acids is 2. The van der Waals surface area contributed by atoms with Crippen LogP contribution in [0.2, 0.25) is 0 Å². The first kappa shape index (κ1) is 29.9. The molecule has 2 amide bonds. The molecular weight excluding hydrogens is 510 g/mol. The van der Waals surface area contributed by atoms with E-state index < -0.39 is 28.5 Å². The second kappa shape index (κ2) is 13.4. The molecule has 0 radical (unpaired) electrons. The highest BCUT2D eigenvalue weighted by molar-refractivity contribution is 7.92. The van der Waals surface area contributed by atoms with E-state index >= 15 is 0 Å². The Morgan fingerprint density at radius 2 is 1.49 bits per heavy atom. The lowest BCUT2D eigenvalue weighted by molar-refractivity contribution is -0.139. The molecule has 1 N–H and O–H groups in total. The van der Waals surface area contributed by atoms with Gasteiger partial charge in [0.25, 0.3) is 10.0 Å². The number of rotatable bonds is 12. The summed E-state index contributed by atoms with van der Waals surface area (Å²) in [5.74, 6) is -0.497. The number of amides is 2. The predicted molar refractivity (Wildman–Crippen MR) is 156 cm³/mol. The third-order valence-corrected chi connectivity index (χ3v) is 8.35. The van der Waals surface area contributed by atoms with Crippen LogP contribution in [-0.4, -0.2) is 44.3 Å². The van der Waals surface area contributed by atoms with Crippen LogP contribution in [0.25, 0.3) is 0 Å². The SMILES string of the molecule is CCc1ccccc1N(CC(=O)N(Cc1ccc(C)cc1)C(C)C(=O)NCC(C)C)S(=O)(=O)c1ccccc1. The number of benzene rings is 3. The fourth-order valence-corrected chi connectivity index (χ4v) is 5.68. The van der Waals surface area contributed by atoms with Gasteiger partial charge in [-0.1, -0.05) is 87.0 Å². The monoisotopic (exact) mass is 549 g/mol. The van der Waals surface area contributed by atoms with Crippen molar-refractivity contribution >= 4 is 27.5 Å². The Hall–Kier alpha value is -3.65. The van der Waals surface area contributed by atoms with Gasteiger partial charge in [0.05, 0.1) is 10.6 Å². The lowest BCUT2D eigenvalue weighted by atomic mass is 10.1. The summed E-state index contributed by atoms with van der Waals surface area (Å²) in [7, 11) is -4.08. The van der Waals surface area contributed by atoms with E-state index in [1.165, 1.54) is 21.3 Å². The van der Waals surface area contributed by atoms with Crippen LogP contribution in [0.3, 0.4) is 0 Å². The zero-order chi connectivity index (χ0) is 28.6. The molecule has 0 aliphatic rings. The predicted octanol–water partition coefficient (Wildman–Crippen LogP) is 4.94. The van der Waals surface area contributed by atoms with Crippen LogP contribution in [0, 0.1) is 12.8 Å². The first-order chi connectivity index (χ1) is 18.5. The zero-order valence-electron chi connectivity index (χ0n) is 23.4. The summed E-state index contributed by atoms with van der Waals surface area (Å²) in [6.45, 7) is 9.80. The molecule has 3 aromatic carbocycles. The van der Waals surface area contributed by atoms with E-state index in [1.54, 1.807) is 37.3 Å². The second-order valence-electron chi connectivity index (χ2n) is 10.1. The highest BCUT2D eigenvalue weighted by Gasteiger charge is 2.33. The van der Waals surface area contributed by atoms with Gasteiger partial charge in [0.2, 0.25) is 11.8 Å². The molecule has 0 saturated carbocycles. The quantitative estimate of drug-likeness (QED) is 0.347. The van der Waals surface area contributed by atoms with E-state index in [0.717, 1.165) is 16.7 Å². The molecule has 3 aromatic rings. The molecule has 8 heteroatoms. The molecule has 0 aromatic heterocycles. The molecule has 0 bridgehead atoms. The van der Waals surface area contributed by atoms with E-state index in [2.05, 4.69) is 5.32 Å². The maximum absolute atomic E-state index is 14.0. The molecular formula is C31H39N3O4S. The number of anilines is 1. The van der Waals surface area contributed by atoms with Crippen LogP contribution in [0.4, 0.5) is 5.69 Å². The minimum Gasteiger partial charge on any atom is -0.354 e. The number of nitrogens with one attached hydrogen (secondary N) is 1. The lowest BCUT2D eigenvalue weighted by Gasteiger charge is -2.32. The van der Waals surface area contributed by atoms with Crippen molar-refractivity contribution in [1.82, 2.24) is 10.2 Å². The largest absolute Gasteiger partial charge is 0.354 e. The van der Waals surface area contributed by atoms with Crippen LogP contribution in [0.5, 0.6) is 0 Å². The first-order valence-corrected chi connectivity index (χ1v) is 14.8. The highest BCUT2D eigenvalue weighted by atomic mass is 32.2. The summed E-state index contributed by atoms with van der Waals surface area (Å²) < 4.78 is 29.0. The maximum Gasteiger partial charge on any atom is 0.264 e.